The van der Waals surface area contributed by atoms with Gasteiger partial charge >= 0.3 is 5.97 Å². The first-order valence-corrected chi connectivity index (χ1v) is 13.9. The van der Waals surface area contributed by atoms with Gasteiger partial charge in [0.25, 0.3) is 0 Å². The summed E-state index contributed by atoms with van der Waals surface area (Å²) in [6.45, 7) is 9.76. The van der Waals surface area contributed by atoms with Gasteiger partial charge < -0.3 is 18.9 Å². The molecule has 6 heteroatoms. The lowest BCUT2D eigenvalue weighted by Gasteiger charge is -2.14. The molecule has 0 fully saturated rings. The Morgan fingerprint density at radius 2 is 1.69 bits per heavy atom. The van der Waals surface area contributed by atoms with E-state index < -0.39 is 5.97 Å². The van der Waals surface area contributed by atoms with Crippen molar-refractivity contribution in [2.24, 2.45) is 0 Å². The van der Waals surface area contributed by atoms with Crippen LogP contribution in [0.1, 0.15) is 50.3 Å². The number of allylic oxidation sites excluding steroid dienone is 1. The van der Waals surface area contributed by atoms with Gasteiger partial charge in [-0.3, -0.25) is 0 Å². The van der Waals surface area contributed by atoms with Crippen molar-refractivity contribution >= 4 is 28.0 Å². The van der Waals surface area contributed by atoms with E-state index in [4.69, 9.17) is 18.9 Å². The van der Waals surface area contributed by atoms with Crippen LogP contribution < -0.4 is 14.2 Å². The molecule has 0 radical (unpaired) electrons. The monoisotopic (exact) mass is 592 g/mol. The zero-order valence-corrected chi connectivity index (χ0v) is 25.0. The number of unbranched alkanes of at least 4 members (excludes halogenated alkanes) is 1. The Kier molecular flexibility index (Phi) is 11.7. The molecule has 0 bridgehead atoms. The van der Waals surface area contributed by atoms with Crippen molar-refractivity contribution in [2.75, 3.05) is 20.3 Å². The summed E-state index contributed by atoms with van der Waals surface area (Å²) in [6.07, 6.45) is 5.18. The van der Waals surface area contributed by atoms with Crippen molar-refractivity contribution in [1.29, 1.82) is 0 Å². The molecule has 206 valence electrons. The molecule has 0 spiro atoms. The van der Waals surface area contributed by atoms with Crippen LogP contribution in [0, 0.1) is 6.92 Å². The zero-order chi connectivity index (χ0) is 28.2. The van der Waals surface area contributed by atoms with Gasteiger partial charge in [0.05, 0.1) is 13.7 Å². The predicted octanol–water partition coefficient (Wildman–Crippen LogP) is 8.67. The number of carbonyl (C=O) groups is 1. The minimum atomic E-state index is -0.430. The third-order valence-electron chi connectivity index (χ3n) is 6.04. The standard InChI is InChI=1S/C33H37BrO5/c1-6-7-18-37-31-16-8-24(4)19-29(31)26-11-9-25(10-12-26)21-38-28-15-13-27(14-17-33(35)36-5)32(20-28)39-22-30(34)23(2)3/h8-17,19-20H,6-7,18,21-22H2,1-5H3/b17-14+. The number of rotatable bonds is 13. The maximum Gasteiger partial charge on any atom is 0.330 e. The number of aryl methyl sites for hydroxylation is 1. The molecule has 0 aliphatic carbocycles. The summed E-state index contributed by atoms with van der Waals surface area (Å²) in [6, 6.07) is 20.2. The summed E-state index contributed by atoms with van der Waals surface area (Å²) in [5.41, 5.74) is 6.32. The Morgan fingerprint density at radius 3 is 2.38 bits per heavy atom. The molecule has 0 aliphatic rings. The van der Waals surface area contributed by atoms with E-state index in [1.165, 1.54) is 18.7 Å². The average Bonchev–Trinajstić information content (AvgIpc) is 2.94. The molecule has 0 aliphatic heterocycles. The van der Waals surface area contributed by atoms with E-state index in [0.717, 1.165) is 50.9 Å². The molecule has 0 saturated heterocycles. The first-order valence-electron chi connectivity index (χ1n) is 13.1. The van der Waals surface area contributed by atoms with Crippen LogP contribution in [-0.4, -0.2) is 26.3 Å². The second-order valence-corrected chi connectivity index (χ2v) is 10.4. The second-order valence-electron chi connectivity index (χ2n) is 9.44. The van der Waals surface area contributed by atoms with Crippen LogP contribution in [-0.2, 0) is 16.1 Å². The highest BCUT2D eigenvalue weighted by Gasteiger charge is 2.10. The molecule has 0 heterocycles. The van der Waals surface area contributed by atoms with Gasteiger partial charge in [-0.05, 0) is 68.7 Å². The fourth-order valence-corrected chi connectivity index (χ4v) is 3.76. The maximum absolute atomic E-state index is 11.6. The van der Waals surface area contributed by atoms with Gasteiger partial charge in [0.15, 0.2) is 0 Å². The van der Waals surface area contributed by atoms with Gasteiger partial charge in [-0.1, -0.05) is 70.7 Å². The lowest BCUT2D eigenvalue weighted by molar-refractivity contribution is -0.134. The van der Waals surface area contributed by atoms with Crippen molar-refractivity contribution in [3.05, 3.63) is 93.5 Å². The normalized spacial score (nSPS) is 10.8. The first kappa shape index (κ1) is 30.0. The van der Waals surface area contributed by atoms with Crippen LogP contribution in [0.4, 0.5) is 0 Å². The number of benzene rings is 3. The second kappa shape index (κ2) is 15.2. The molecule has 0 amide bonds. The Bertz CT molecular complexity index is 1300. The molecule has 3 rings (SSSR count). The van der Waals surface area contributed by atoms with E-state index in [-0.39, 0.29) is 0 Å². The summed E-state index contributed by atoms with van der Waals surface area (Å²) in [4.78, 5) is 11.6. The molecule has 0 unspecified atom stereocenters. The van der Waals surface area contributed by atoms with Gasteiger partial charge in [0, 0.05) is 27.8 Å². The van der Waals surface area contributed by atoms with Crippen molar-refractivity contribution in [3.63, 3.8) is 0 Å². The summed E-state index contributed by atoms with van der Waals surface area (Å²) in [7, 11) is 1.35. The molecular formula is C33H37BrO5. The summed E-state index contributed by atoms with van der Waals surface area (Å²) >= 11 is 3.55. The van der Waals surface area contributed by atoms with Gasteiger partial charge in [0.1, 0.15) is 30.5 Å². The van der Waals surface area contributed by atoms with E-state index in [9.17, 15) is 4.79 Å². The summed E-state index contributed by atoms with van der Waals surface area (Å²) in [5.74, 6) is 1.76. The maximum atomic E-state index is 11.6. The number of ether oxygens (including phenoxy) is 4. The van der Waals surface area contributed by atoms with Crippen molar-refractivity contribution in [1.82, 2.24) is 0 Å². The summed E-state index contributed by atoms with van der Waals surface area (Å²) in [5, 5.41) is 0. The predicted molar refractivity (Wildman–Crippen MR) is 162 cm³/mol. The highest BCUT2D eigenvalue weighted by molar-refractivity contribution is 9.11. The molecule has 3 aromatic carbocycles. The molecular weight excluding hydrogens is 556 g/mol. The van der Waals surface area contributed by atoms with Gasteiger partial charge in [-0.15, -0.1) is 0 Å². The van der Waals surface area contributed by atoms with Gasteiger partial charge in [-0.25, -0.2) is 4.79 Å². The zero-order valence-electron chi connectivity index (χ0n) is 23.4. The number of esters is 1. The Balaban J connectivity index is 1.74. The minimum absolute atomic E-state index is 0.370. The number of carbonyl (C=O) groups excluding carboxylic acids is 1. The van der Waals surface area contributed by atoms with E-state index in [2.05, 4.69) is 72.2 Å². The molecule has 0 atom stereocenters. The quantitative estimate of drug-likeness (QED) is 0.113. The molecule has 3 aromatic rings. The van der Waals surface area contributed by atoms with Gasteiger partial charge in [0.2, 0.25) is 0 Å². The van der Waals surface area contributed by atoms with E-state index in [0.29, 0.717) is 31.3 Å². The van der Waals surface area contributed by atoms with Crippen molar-refractivity contribution in [3.8, 4) is 28.4 Å². The lowest BCUT2D eigenvalue weighted by Crippen LogP contribution is -2.02. The van der Waals surface area contributed by atoms with Crippen LogP contribution in [0.2, 0.25) is 0 Å². The van der Waals surface area contributed by atoms with E-state index in [1.807, 2.05) is 32.0 Å². The molecule has 0 saturated carbocycles. The minimum Gasteiger partial charge on any atom is -0.493 e. The summed E-state index contributed by atoms with van der Waals surface area (Å²) < 4.78 is 23.9. The third kappa shape index (κ3) is 9.32. The van der Waals surface area contributed by atoms with Crippen LogP contribution in [0.3, 0.4) is 0 Å². The topological polar surface area (TPSA) is 54.0 Å². The fourth-order valence-electron chi connectivity index (χ4n) is 3.65. The van der Waals surface area contributed by atoms with E-state index in [1.54, 1.807) is 6.08 Å². The third-order valence-corrected chi connectivity index (χ3v) is 7.06. The van der Waals surface area contributed by atoms with Crippen molar-refractivity contribution in [2.45, 2.75) is 47.1 Å². The number of methoxy groups -OCH3 is 1. The molecule has 0 N–H and O–H groups in total. The lowest BCUT2D eigenvalue weighted by atomic mass is 10.0. The molecule has 5 nitrogen and oxygen atoms in total. The highest BCUT2D eigenvalue weighted by Crippen LogP contribution is 2.32. The highest BCUT2D eigenvalue weighted by atomic mass is 79.9. The largest absolute Gasteiger partial charge is 0.493 e. The van der Waals surface area contributed by atoms with Gasteiger partial charge in [-0.2, -0.15) is 0 Å². The molecule has 39 heavy (non-hydrogen) atoms. The van der Waals surface area contributed by atoms with Crippen LogP contribution in [0.5, 0.6) is 17.2 Å². The van der Waals surface area contributed by atoms with Crippen molar-refractivity contribution < 1.29 is 23.7 Å². The molecule has 0 aromatic heterocycles. The number of hydrogen-bond donors (Lipinski definition) is 0. The van der Waals surface area contributed by atoms with E-state index >= 15 is 0 Å². The van der Waals surface area contributed by atoms with Crippen LogP contribution >= 0.6 is 15.9 Å². The Labute approximate surface area is 240 Å². The smallest absolute Gasteiger partial charge is 0.330 e. The number of hydrogen-bond acceptors (Lipinski definition) is 5. The average molecular weight is 594 g/mol. The van der Waals surface area contributed by atoms with Crippen LogP contribution in [0.15, 0.2) is 76.8 Å². The fraction of sp³-hybridized carbons (Fsp3) is 0.303. The Hall–Kier alpha value is -3.51. The Morgan fingerprint density at radius 1 is 0.923 bits per heavy atom. The SMILES string of the molecule is CCCCOc1ccc(C)cc1-c1ccc(COc2ccc(/C=C/C(=O)OC)c(OCC(Br)=C(C)C)c2)cc1. The van der Waals surface area contributed by atoms with Crippen LogP contribution in [0.25, 0.3) is 17.2 Å². The number of halogens is 1. The first-order chi connectivity index (χ1) is 18.8.